The van der Waals surface area contributed by atoms with Crippen molar-refractivity contribution in [2.75, 3.05) is 25.6 Å². The highest BCUT2D eigenvalue weighted by molar-refractivity contribution is 7.61. The number of phosphoric ester groups is 2. The van der Waals surface area contributed by atoms with Gasteiger partial charge in [0.15, 0.2) is 30.2 Å². The number of primary amides is 1. The molecule has 0 saturated carbocycles. The van der Waals surface area contributed by atoms with E-state index in [0.717, 1.165) is 6.33 Å². The lowest BCUT2D eigenvalue weighted by molar-refractivity contribution is -0.127. The molecule has 5 heterocycles. The van der Waals surface area contributed by atoms with Crippen molar-refractivity contribution in [1.29, 1.82) is 0 Å². The van der Waals surface area contributed by atoms with E-state index in [9.17, 15) is 48.9 Å². The number of rotatable bonds is 15. The third kappa shape index (κ3) is 10.3. The van der Waals surface area contributed by atoms with Crippen LogP contribution in [-0.2, 0) is 41.6 Å². The number of aliphatic hydroxyl groups is 8. The summed E-state index contributed by atoms with van der Waals surface area (Å²) in [5.74, 6) is -0.658. The molecule has 2 unspecified atom stereocenters. The van der Waals surface area contributed by atoms with Crippen LogP contribution >= 0.6 is 15.6 Å². The molecule has 3 aliphatic rings. The first-order valence-electron chi connectivity index (χ1n) is 15.5. The maximum Gasteiger partial charge on any atom is 0.481 e. The Morgan fingerprint density at radius 1 is 0.963 bits per heavy atom. The number of hydrogen-bond acceptors (Lipinski definition) is 22. The summed E-state index contributed by atoms with van der Waals surface area (Å²) in [6.45, 7) is -2.47. The van der Waals surface area contributed by atoms with Gasteiger partial charge in [-0.2, -0.15) is 4.31 Å². The molecule has 0 aromatic carbocycles. The molecule has 0 radical (unpaired) electrons. The molecule has 0 spiro atoms. The minimum atomic E-state index is -5.37. The van der Waals surface area contributed by atoms with Gasteiger partial charge in [0, 0.05) is 18.0 Å². The molecule has 2 aromatic heterocycles. The quantitative estimate of drug-likeness (QED) is 0.0589. The van der Waals surface area contributed by atoms with E-state index in [1.165, 1.54) is 28.2 Å². The van der Waals surface area contributed by atoms with Crippen molar-refractivity contribution in [2.24, 2.45) is 5.73 Å². The van der Waals surface area contributed by atoms with E-state index < -0.39 is 109 Å². The summed E-state index contributed by atoms with van der Waals surface area (Å²) >= 11 is 0. The number of nitrogens with zero attached hydrogens (tertiary/aromatic N) is 5. The predicted molar refractivity (Wildman–Crippen MR) is 173 cm³/mol. The lowest BCUT2D eigenvalue weighted by atomic mass is 10.1. The third-order valence-electron chi connectivity index (χ3n) is 7.95. The first kappa shape index (κ1) is 43.4. The van der Waals surface area contributed by atoms with E-state index in [4.69, 9.17) is 50.4 Å². The van der Waals surface area contributed by atoms with Crippen LogP contribution in [0.3, 0.4) is 0 Å². The number of aldehydes is 1. The fourth-order valence-electron chi connectivity index (χ4n) is 5.09. The molecule has 2 saturated heterocycles. The third-order valence-corrected chi connectivity index (χ3v) is 10.5. The fourth-order valence-corrected chi connectivity index (χ4v) is 7.19. The molecular weight excluding hydrogens is 776 g/mol. The molecule has 1 amide bonds. The van der Waals surface area contributed by atoms with Gasteiger partial charge in [0.05, 0.1) is 26.1 Å². The highest BCUT2D eigenvalue weighted by Gasteiger charge is 2.48. The molecule has 54 heavy (non-hydrogen) atoms. The molecule has 28 heteroatoms. The maximum atomic E-state index is 12.4. The molecule has 2 fully saturated rings. The minimum Gasteiger partial charge on any atom is -0.394 e. The number of ether oxygens (including phenoxy) is 2. The van der Waals surface area contributed by atoms with Crippen LogP contribution in [0.4, 0.5) is 5.82 Å². The van der Waals surface area contributed by atoms with Gasteiger partial charge in [0.2, 0.25) is 5.91 Å². The Hall–Kier alpha value is -3.37. The Morgan fingerprint density at radius 2 is 1.54 bits per heavy atom. The Balaban J connectivity index is 0.000000571. The SMILES string of the molecule is NC(=O)C1=CN([C@@H]2O[C@H](COP(=O)(O)OP(=O)(O)OC[C@H]3O[C@@H](n4cnc5c(N)ncnc54)[C@H](O)[C@@H]3O)[C@@H](O)[C@H]2O)C=CC1.O=C[C@H](O)[C@H](O)[C@H](O)CO. The van der Waals surface area contributed by atoms with Crippen LogP contribution in [0.2, 0.25) is 0 Å². The minimum absolute atomic E-state index is 0.0517. The van der Waals surface area contributed by atoms with E-state index in [1.807, 2.05) is 0 Å². The summed E-state index contributed by atoms with van der Waals surface area (Å²) in [6, 6.07) is 0. The van der Waals surface area contributed by atoms with Gasteiger partial charge in [-0.1, -0.05) is 6.08 Å². The number of nitrogen functional groups attached to an aromatic ring is 1. The summed E-state index contributed by atoms with van der Waals surface area (Å²) in [5.41, 5.74) is 11.6. The van der Waals surface area contributed by atoms with Crippen molar-refractivity contribution in [3.05, 3.63) is 36.7 Å². The van der Waals surface area contributed by atoms with Crippen molar-refractivity contribution in [2.45, 2.75) is 73.8 Å². The number of carbonyl (C=O) groups is 2. The summed E-state index contributed by atoms with van der Waals surface area (Å²) in [4.78, 5) is 54.4. The van der Waals surface area contributed by atoms with Gasteiger partial charge in [-0.25, -0.2) is 24.1 Å². The highest BCUT2D eigenvalue weighted by atomic mass is 31.3. The van der Waals surface area contributed by atoms with Gasteiger partial charge in [-0.05, 0) is 6.42 Å². The van der Waals surface area contributed by atoms with Crippen LogP contribution in [0.25, 0.3) is 11.2 Å². The van der Waals surface area contributed by atoms with Gasteiger partial charge >= 0.3 is 15.6 Å². The number of anilines is 1. The number of aliphatic hydroxyl groups excluding tert-OH is 8. The van der Waals surface area contributed by atoms with Crippen molar-refractivity contribution in [1.82, 2.24) is 24.4 Å². The second-order valence-electron chi connectivity index (χ2n) is 11.7. The van der Waals surface area contributed by atoms with E-state index >= 15 is 0 Å². The zero-order chi connectivity index (χ0) is 40.1. The number of phosphoric acid groups is 2. The maximum absolute atomic E-state index is 12.4. The number of carbonyl (C=O) groups excluding carboxylic acids is 2. The molecule has 302 valence electrons. The van der Waals surface area contributed by atoms with E-state index in [-0.39, 0.29) is 35.3 Å². The highest BCUT2D eigenvalue weighted by Crippen LogP contribution is 2.60. The zero-order valence-electron chi connectivity index (χ0n) is 27.6. The van der Waals surface area contributed by atoms with Gasteiger partial charge in [0.1, 0.15) is 66.8 Å². The van der Waals surface area contributed by atoms with Crippen LogP contribution in [-0.4, -0.2) is 168 Å². The monoisotopic (exact) mass is 815 g/mol. The fraction of sp³-hybridized carbons (Fsp3) is 0.577. The molecule has 0 bridgehead atoms. The van der Waals surface area contributed by atoms with E-state index in [0.29, 0.717) is 0 Å². The smallest absolute Gasteiger partial charge is 0.394 e. The van der Waals surface area contributed by atoms with Crippen molar-refractivity contribution < 1.29 is 92.2 Å². The number of hydrogen-bond donors (Lipinski definition) is 12. The predicted octanol–water partition coefficient (Wildman–Crippen LogP) is -5.43. The number of amides is 1. The molecule has 2 aromatic rings. The van der Waals surface area contributed by atoms with Crippen LogP contribution in [0, 0.1) is 0 Å². The molecule has 0 aliphatic carbocycles. The molecular formula is C26H39N7O19P2. The summed E-state index contributed by atoms with van der Waals surface area (Å²) < 4.78 is 50.8. The summed E-state index contributed by atoms with van der Waals surface area (Å²) in [6.07, 6.45) is -9.51. The van der Waals surface area contributed by atoms with Crippen molar-refractivity contribution >= 4 is 44.8 Å². The van der Waals surface area contributed by atoms with Crippen molar-refractivity contribution in [3.63, 3.8) is 0 Å². The Labute approximate surface area is 303 Å². The standard InChI is InChI=1S/C21H29N7O14P2.C5H10O5/c22-17-12-19(25-7-24-17)28(8-26-12)21-16(32)14(30)11(41-21)6-39-44(36,37)42-43(34,35)38-5-10-13(29)15(31)20(40-10)27-3-1-2-9(4-27)18(23)33;6-1-3(8)5(10)4(9)2-7/h1,3-4,7-8,10-11,13-16,20-21,29-32H,2,5-6H2,(H2,23,33)(H,34,35)(H,36,37)(H2,22,24,25);1,3-5,7-10H,2H2/t10-,11-,13-,14-,15-,16-,20-,21-;3-,4+,5-/m10/s1. The van der Waals surface area contributed by atoms with Crippen LogP contribution in [0.1, 0.15) is 12.6 Å². The zero-order valence-corrected chi connectivity index (χ0v) is 29.4. The van der Waals surface area contributed by atoms with Crippen LogP contribution < -0.4 is 11.5 Å². The van der Waals surface area contributed by atoms with E-state index in [2.05, 4.69) is 19.3 Å². The Bertz CT molecular complexity index is 1780. The number of allylic oxidation sites excluding steroid dienone is 1. The largest absolute Gasteiger partial charge is 0.481 e. The van der Waals surface area contributed by atoms with Gasteiger partial charge in [-0.3, -0.25) is 18.4 Å². The number of imidazole rings is 1. The normalized spacial score (nSPS) is 30.8. The molecule has 3 aliphatic heterocycles. The molecule has 13 atom stereocenters. The average molecular weight is 816 g/mol. The number of nitrogens with two attached hydrogens (primary N) is 2. The van der Waals surface area contributed by atoms with Gasteiger partial charge in [-0.15, -0.1) is 0 Å². The second-order valence-corrected chi connectivity index (χ2v) is 14.8. The van der Waals surface area contributed by atoms with Crippen LogP contribution in [0.15, 0.2) is 36.7 Å². The second kappa shape index (κ2) is 18.1. The topological polar surface area (TPSA) is 416 Å². The first-order valence-corrected chi connectivity index (χ1v) is 18.5. The van der Waals surface area contributed by atoms with E-state index in [1.54, 1.807) is 6.08 Å². The van der Waals surface area contributed by atoms with Gasteiger partial charge < -0.3 is 81.3 Å². The van der Waals surface area contributed by atoms with Gasteiger partial charge in [0.25, 0.3) is 0 Å². The molecule has 5 rings (SSSR count). The summed E-state index contributed by atoms with van der Waals surface area (Å²) in [5, 5.41) is 75.7. The molecule has 26 nitrogen and oxygen atoms in total. The number of aromatic nitrogens is 4. The van der Waals surface area contributed by atoms with Crippen LogP contribution in [0.5, 0.6) is 0 Å². The first-order chi connectivity index (χ1) is 25.3. The summed E-state index contributed by atoms with van der Waals surface area (Å²) in [7, 11) is -10.7. The lowest BCUT2D eigenvalue weighted by Crippen LogP contribution is -2.40. The lowest BCUT2D eigenvalue weighted by Gasteiger charge is -2.28. The Kier molecular flexibility index (Phi) is 14.5. The average Bonchev–Trinajstić information content (AvgIpc) is 3.78. The Morgan fingerprint density at radius 3 is 2.09 bits per heavy atom. The number of fused-ring (bicyclic) bond motifs is 1. The van der Waals surface area contributed by atoms with Crippen molar-refractivity contribution in [3.8, 4) is 0 Å². The molecule has 14 N–H and O–H groups in total.